The molecule has 1 aromatic carbocycles. The highest BCUT2D eigenvalue weighted by molar-refractivity contribution is 5.82. The fourth-order valence-electron chi connectivity index (χ4n) is 1.02. The Morgan fingerprint density at radius 1 is 1.24 bits per heavy atom. The van der Waals surface area contributed by atoms with Crippen LogP contribution in [-0.2, 0) is 9.59 Å². The van der Waals surface area contributed by atoms with E-state index in [4.69, 9.17) is 4.74 Å². The number of benzene rings is 1. The van der Waals surface area contributed by atoms with Crippen LogP contribution in [-0.4, -0.2) is 30.1 Å². The molecule has 0 saturated heterocycles. The topological polar surface area (TPSA) is 59.0 Å². The molecule has 0 heterocycles. The van der Waals surface area contributed by atoms with Crippen molar-refractivity contribution >= 4 is 18.1 Å². The molecule has 1 aromatic rings. The molecule has 90 valence electrons. The zero-order chi connectivity index (χ0) is 12.8. The van der Waals surface area contributed by atoms with Gasteiger partial charge in [0.2, 0.25) is 5.91 Å². The van der Waals surface area contributed by atoms with E-state index in [1.165, 1.54) is 18.9 Å². The van der Waals surface area contributed by atoms with Gasteiger partial charge in [0.1, 0.15) is 5.75 Å². The van der Waals surface area contributed by atoms with Gasteiger partial charge >= 0.3 is 5.97 Å². The smallest absolute Gasteiger partial charge is 0.308 e. The van der Waals surface area contributed by atoms with E-state index in [1.807, 2.05) is 0 Å². The van der Waals surface area contributed by atoms with Crippen LogP contribution in [0.15, 0.2) is 29.4 Å². The van der Waals surface area contributed by atoms with Crippen molar-refractivity contribution in [3.63, 3.8) is 0 Å². The highest BCUT2D eigenvalue weighted by Gasteiger charge is 1.99. The highest BCUT2D eigenvalue weighted by atomic mass is 16.5. The first-order chi connectivity index (χ1) is 7.99. The van der Waals surface area contributed by atoms with E-state index in [9.17, 15) is 9.59 Å². The van der Waals surface area contributed by atoms with Crippen molar-refractivity contribution in [3.05, 3.63) is 29.8 Å². The molecule has 0 radical (unpaired) electrons. The van der Waals surface area contributed by atoms with Crippen LogP contribution in [0.4, 0.5) is 0 Å². The maximum atomic E-state index is 10.9. The van der Waals surface area contributed by atoms with Crippen molar-refractivity contribution < 1.29 is 14.3 Å². The molecule has 0 aliphatic rings. The Morgan fingerprint density at radius 3 is 2.29 bits per heavy atom. The molecule has 1 amide bonds. The quantitative estimate of drug-likeness (QED) is 0.344. The van der Waals surface area contributed by atoms with Crippen LogP contribution in [0.3, 0.4) is 0 Å². The normalized spacial score (nSPS) is 10.3. The predicted molar refractivity (Wildman–Crippen MR) is 63.8 cm³/mol. The number of ether oxygens (including phenoxy) is 1. The van der Waals surface area contributed by atoms with E-state index in [-0.39, 0.29) is 11.9 Å². The van der Waals surface area contributed by atoms with Gasteiger partial charge < -0.3 is 4.74 Å². The van der Waals surface area contributed by atoms with E-state index >= 15 is 0 Å². The molecule has 0 bridgehead atoms. The van der Waals surface area contributed by atoms with Crippen LogP contribution < -0.4 is 4.74 Å². The third-order valence-corrected chi connectivity index (χ3v) is 1.98. The second-order valence-electron chi connectivity index (χ2n) is 3.45. The van der Waals surface area contributed by atoms with Gasteiger partial charge in [0.25, 0.3) is 0 Å². The Balaban J connectivity index is 2.68. The van der Waals surface area contributed by atoms with Crippen molar-refractivity contribution in [2.24, 2.45) is 5.10 Å². The third kappa shape index (κ3) is 4.46. The average molecular weight is 234 g/mol. The van der Waals surface area contributed by atoms with Gasteiger partial charge in [-0.1, -0.05) is 0 Å². The first-order valence-electron chi connectivity index (χ1n) is 5.06. The van der Waals surface area contributed by atoms with Crippen molar-refractivity contribution in [2.75, 3.05) is 7.05 Å². The van der Waals surface area contributed by atoms with Gasteiger partial charge in [-0.25, -0.2) is 5.01 Å². The second-order valence-corrected chi connectivity index (χ2v) is 3.45. The number of hydrazone groups is 1. The second kappa shape index (κ2) is 5.79. The van der Waals surface area contributed by atoms with Crippen LogP contribution in [0, 0.1) is 0 Å². The summed E-state index contributed by atoms with van der Waals surface area (Å²) in [7, 11) is 1.58. The molecular weight excluding hydrogens is 220 g/mol. The van der Waals surface area contributed by atoms with Crippen LogP contribution >= 0.6 is 0 Å². The summed E-state index contributed by atoms with van der Waals surface area (Å²) in [5.41, 5.74) is 0.814. The number of esters is 1. The number of amides is 1. The maximum Gasteiger partial charge on any atom is 0.308 e. The van der Waals surface area contributed by atoms with E-state index < -0.39 is 0 Å². The minimum Gasteiger partial charge on any atom is -0.427 e. The minimum absolute atomic E-state index is 0.141. The zero-order valence-electron chi connectivity index (χ0n) is 10.0. The average Bonchev–Trinajstić information content (AvgIpc) is 2.26. The van der Waals surface area contributed by atoms with E-state index in [2.05, 4.69) is 5.10 Å². The number of carbonyl (C=O) groups excluding carboxylic acids is 2. The van der Waals surface area contributed by atoms with Gasteiger partial charge in [0, 0.05) is 20.9 Å². The molecule has 0 unspecified atom stereocenters. The Morgan fingerprint density at radius 2 is 1.82 bits per heavy atom. The molecule has 0 N–H and O–H groups in total. The zero-order valence-corrected chi connectivity index (χ0v) is 10.0. The summed E-state index contributed by atoms with van der Waals surface area (Å²) in [5, 5.41) is 5.17. The Bertz CT molecular complexity index is 438. The van der Waals surface area contributed by atoms with Crippen molar-refractivity contribution in [2.45, 2.75) is 13.8 Å². The largest absolute Gasteiger partial charge is 0.427 e. The van der Waals surface area contributed by atoms with Crippen LogP contribution in [0.2, 0.25) is 0 Å². The Kier molecular flexibility index (Phi) is 4.39. The molecule has 1 rings (SSSR count). The number of hydrogen-bond donors (Lipinski definition) is 0. The van der Waals surface area contributed by atoms with Crippen molar-refractivity contribution in [3.8, 4) is 5.75 Å². The van der Waals surface area contributed by atoms with Crippen LogP contribution in [0.5, 0.6) is 5.75 Å². The summed E-state index contributed by atoms with van der Waals surface area (Å²) in [6.45, 7) is 2.78. The van der Waals surface area contributed by atoms with Gasteiger partial charge in [-0.05, 0) is 29.8 Å². The fourth-order valence-corrected chi connectivity index (χ4v) is 1.02. The van der Waals surface area contributed by atoms with Gasteiger partial charge in [-0.3, -0.25) is 9.59 Å². The molecular formula is C12H14N2O3. The van der Waals surface area contributed by atoms with Gasteiger partial charge in [-0.2, -0.15) is 5.10 Å². The molecule has 0 fully saturated rings. The van der Waals surface area contributed by atoms with Gasteiger partial charge in [-0.15, -0.1) is 0 Å². The number of carbonyl (C=O) groups is 2. The van der Waals surface area contributed by atoms with Gasteiger partial charge in [0.05, 0.1) is 6.21 Å². The number of nitrogens with zero attached hydrogens (tertiary/aromatic N) is 2. The summed E-state index contributed by atoms with van der Waals surface area (Å²) < 4.78 is 4.89. The molecule has 0 aromatic heterocycles. The lowest BCUT2D eigenvalue weighted by Gasteiger charge is -2.06. The number of hydrogen-bond acceptors (Lipinski definition) is 4. The summed E-state index contributed by atoms with van der Waals surface area (Å²) in [6.07, 6.45) is 1.55. The lowest BCUT2D eigenvalue weighted by Crippen LogP contribution is -2.17. The monoisotopic (exact) mass is 234 g/mol. The SMILES string of the molecule is CC(=O)Oc1ccc(C=NN(C)C(C)=O)cc1. The highest BCUT2D eigenvalue weighted by Crippen LogP contribution is 2.11. The maximum absolute atomic E-state index is 10.9. The lowest BCUT2D eigenvalue weighted by atomic mass is 10.2. The molecule has 0 atom stereocenters. The summed E-state index contributed by atoms with van der Waals surface area (Å²) in [5.74, 6) is -0.0184. The molecule has 0 saturated carbocycles. The van der Waals surface area contributed by atoms with Crippen molar-refractivity contribution in [1.82, 2.24) is 5.01 Å². The van der Waals surface area contributed by atoms with E-state index in [0.717, 1.165) is 5.56 Å². The molecule has 5 heteroatoms. The summed E-state index contributed by atoms with van der Waals surface area (Å²) in [4.78, 5) is 21.6. The lowest BCUT2D eigenvalue weighted by molar-refractivity contribution is -0.132. The molecule has 17 heavy (non-hydrogen) atoms. The predicted octanol–water partition coefficient (Wildman–Crippen LogP) is 1.42. The molecule has 5 nitrogen and oxygen atoms in total. The number of rotatable bonds is 3. The molecule has 0 spiro atoms. The van der Waals surface area contributed by atoms with E-state index in [1.54, 1.807) is 37.5 Å². The Labute approximate surface area is 99.7 Å². The van der Waals surface area contributed by atoms with Crippen LogP contribution in [0.1, 0.15) is 19.4 Å². The Hall–Kier alpha value is -2.17. The van der Waals surface area contributed by atoms with Crippen molar-refractivity contribution in [1.29, 1.82) is 0 Å². The first kappa shape index (κ1) is 12.9. The summed E-state index contributed by atoms with van der Waals surface area (Å²) >= 11 is 0. The molecule has 0 aliphatic carbocycles. The minimum atomic E-state index is -0.359. The van der Waals surface area contributed by atoms with Gasteiger partial charge in [0.15, 0.2) is 0 Å². The fraction of sp³-hybridized carbons (Fsp3) is 0.250. The third-order valence-electron chi connectivity index (χ3n) is 1.98. The first-order valence-corrected chi connectivity index (χ1v) is 5.06. The van der Waals surface area contributed by atoms with Crippen LogP contribution in [0.25, 0.3) is 0 Å². The summed E-state index contributed by atoms with van der Waals surface area (Å²) in [6, 6.07) is 6.82. The molecule has 0 aliphatic heterocycles. The van der Waals surface area contributed by atoms with E-state index in [0.29, 0.717) is 5.75 Å². The standard InChI is InChI=1S/C12H14N2O3/c1-9(15)14(3)13-8-11-4-6-12(7-5-11)17-10(2)16/h4-8H,1-3H3.